The van der Waals surface area contributed by atoms with Crippen LogP contribution in [0.15, 0.2) is 36.4 Å². The molecule has 178 valence electrons. The third-order valence-electron chi connectivity index (χ3n) is 7.25. The van der Waals surface area contributed by atoms with Crippen LogP contribution in [0.1, 0.15) is 80.0 Å². The minimum atomic E-state index is -0.144. The van der Waals surface area contributed by atoms with E-state index >= 15 is 0 Å². The Labute approximate surface area is 200 Å². The van der Waals surface area contributed by atoms with E-state index in [1.807, 2.05) is 0 Å². The highest BCUT2D eigenvalue weighted by atomic mass is 16.7. The Kier molecular flexibility index (Phi) is 7.31. The van der Waals surface area contributed by atoms with Gasteiger partial charge in [0.25, 0.3) is 0 Å². The molecule has 0 aliphatic carbocycles. The molecule has 4 atom stereocenters. The van der Waals surface area contributed by atoms with Crippen molar-refractivity contribution >= 4 is 11.8 Å². The lowest BCUT2D eigenvalue weighted by Crippen LogP contribution is -2.40. The van der Waals surface area contributed by atoms with E-state index in [1.54, 1.807) is 0 Å². The van der Waals surface area contributed by atoms with E-state index in [0.29, 0.717) is 0 Å². The van der Waals surface area contributed by atoms with Gasteiger partial charge in [-0.25, -0.2) is 0 Å². The van der Waals surface area contributed by atoms with Crippen molar-refractivity contribution in [1.29, 1.82) is 0 Å². The van der Waals surface area contributed by atoms with Crippen molar-refractivity contribution in [2.45, 2.75) is 91.8 Å². The molecule has 2 aromatic carbocycles. The van der Waals surface area contributed by atoms with Crippen molar-refractivity contribution in [1.82, 2.24) is 0 Å². The van der Waals surface area contributed by atoms with E-state index in [9.17, 15) is 0 Å². The third kappa shape index (κ3) is 5.20. The summed E-state index contributed by atoms with van der Waals surface area (Å²) in [5, 5.41) is 0. The highest BCUT2D eigenvalue weighted by Crippen LogP contribution is 2.39. The molecule has 0 aromatic heterocycles. The highest BCUT2D eigenvalue weighted by Gasteiger charge is 2.31. The molecule has 0 radical (unpaired) electrons. The first-order valence-electron chi connectivity index (χ1n) is 12.7. The second kappa shape index (κ2) is 10.0. The Bertz CT molecular complexity index is 1000. The second-order valence-electron chi connectivity index (χ2n) is 10.4. The van der Waals surface area contributed by atoms with E-state index in [0.717, 1.165) is 19.3 Å². The normalized spacial score (nSPS) is 25.7. The lowest BCUT2D eigenvalue weighted by atomic mass is 9.86. The van der Waals surface area contributed by atoms with Crippen LogP contribution in [0.3, 0.4) is 0 Å². The van der Waals surface area contributed by atoms with Crippen LogP contribution in [0.25, 0.3) is 6.08 Å². The largest absolute Gasteiger partial charge is 0.364 e. The molecule has 33 heavy (non-hydrogen) atoms. The van der Waals surface area contributed by atoms with Crippen LogP contribution in [-0.4, -0.2) is 25.5 Å². The Morgan fingerprint density at radius 2 is 1.79 bits per heavy atom. The molecular formula is C30H41NO2. The van der Waals surface area contributed by atoms with Gasteiger partial charge in [0.05, 0.1) is 18.2 Å². The molecule has 1 fully saturated rings. The SMILES string of the molecule is CCCc1ccc2c(c1)N(C)C(c1cc(C)cc(C)c1C[C@H](C)C1OC(C)CC(C)O1)C=C2. The summed E-state index contributed by atoms with van der Waals surface area (Å²) in [6.07, 6.45) is 9.24. The number of aryl methyl sites for hydroxylation is 3. The zero-order chi connectivity index (χ0) is 23.7. The zero-order valence-electron chi connectivity index (χ0n) is 21.5. The minimum Gasteiger partial charge on any atom is -0.364 e. The van der Waals surface area contributed by atoms with Gasteiger partial charge in [-0.3, -0.25) is 0 Å². The first-order valence-corrected chi connectivity index (χ1v) is 12.7. The summed E-state index contributed by atoms with van der Waals surface area (Å²) in [6, 6.07) is 11.9. The van der Waals surface area contributed by atoms with Gasteiger partial charge in [0.1, 0.15) is 0 Å². The van der Waals surface area contributed by atoms with Gasteiger partial charge in [0.15, 0.2) is 6.29 Å². The fourth-order valence-corrected chi connectivity index (χ4v) is 5.59. The van der Waals surface area contributed by atoms with E-state index in [-0.39, 0.29) is 30.5 Å². The van der Waals surface area contributed by atoms with Crippen molar-refractivity contribution in [3.63, 3.8) is 0 Å². The van der Waals surface area contributed by atoms with E-state index in [2.05, 4.69) is 96.0 Å². The Hall–Kier alpha value is -2.10. The molecule has 2 heterocycles. The second-order valence-corrected chi connectivity index (χ2v) is 10.4. The maximum atomic E-state index is 6.20. The Morgan fingerprint density at radius 1 is 1.06 bits per heavy atom. The fraction of sp³-hybridized carbons (Fsp3) is 0.533. The van der Waals surface area contributed by atoms with Crippen molar-refractivity contribution in [2.75, 3.05) is 11.9 Å². The molecule has 1 saturated heterocycles. The number of rotatable bonds is 6. The molecular weight excluding hydrogens is 406 g/mol. The van der Waals surface area contributed by atoms with Gasteiger partial charge >= 0.3 is 0 Å². The molecule has 4 rings (SSSR count). The maximum Gasteiger partial charge on any atom is 0.161 e. The van der Waals surface area contributed by atoms with Crippen LogP contribution in [0, 0.1) is 19.8 Å². The number of anilines is 1. The molecule has 0 saturated carbocycles. The van der Waals surface area contributed by atoms with Gasteiger partial charge in [0, 0.05) is 18.7 Å². The average molecular weight is 448 g/mol. The standard InChI is InChI=1S/C30H41NO2/c1-8-9-24-10-11-25-12-13-28(31(7)29(25)18-24)27-15-19(2)14-20(3)26(27)16-21(4)30-32-22(5)17-23(6)33-30/h10-15,18,21-23,28,30H,8-9,16-17H2,1-7H3/t21-,22?,23?,28?,30?/m0/s1. The molecule has 0 spiro atoms. The molecule has 2 aliphatic heterocycles. The number of nitrogens with zero attached hydrogens (tertiary/aromatic N) is 1. The van der Waals surface area contributed by atoms with Crippen molar-refractivity contribution < 1.29 is 9.47 Å². The molecule has 2 aromatic rings. The number of ether oxygens (including phenoxy) is 2. The maximum absolute atomic E-state index is 6.20. The van der Waals surface area contributed by atoms with E-state index in [1.165, 1.54) is 45.5 Å². The van der Waals surface area contributed by atoms with Gasteiger partial charge in [0.2, 0.25) is 0 Å². The Balaban J connectivity index is 1.65. The number of hydrogen-bond acceptors (Lipinski definition) is 3. The molecule has 3 heteroatoms. The molecule has 0 bridgehead atoms. The minimum absolute atomic E-state index is 0.144. The predicted molar refractivity (Wildman–Crippen MR) is 139 cm³/mol. The molecule has 0 N–H and O–H groups in total. The number of fused-ring (bicyclic) bond motifs is 1. The quantitative estimate of drug-likeness (QED) is 0.468. The molecule has 2 aliphatic rings. The third-order valence-corrected chi connectivity index (χ3v) is 7.25. The average Bonchev–Trinajstić information content (AvgIpc) is 2.75. The van der Waals surface area contributed by atoms with Gasteiger partial charge in [-0.2, -0.15) is 0 Å². The van der Waals surface area contributed by atoms with Gasteiger partial charge in [-0.05, 0) is 80.8 Å². The van der Waals surface area contributed by atoms with Crippen LogP contribution < -0.4 is 4.90 Å². The van der Waals surface area contributed by atoms with Crippen molar-refractivity contribution in [3.8, 4) is 0 Å². The smallest absolute Gasteiger partial charge is 0.161 e. The van der Waals surface area contributed by atoms with Crippen LogP contribution in [0.5, 0.6) is 0 Å². The highest BCUT2D eigenvalue weighted by molar-refractivity contribution is 5.73. The first kappa shape index (κ1) is 24.0. The number of hydrogen-bond donors (Lipinski definition) is 0. The van der Waals surface area contributed by atoms with Crippen LogP contribution in [-0.2, 0) is 22.3 Å². The summed E-state index contributed by atoms with van der Waals surface area (Å²) in [7, 11) is 2.24. The van der Waals surface area contributed by atoms with E-state index < -0.39 is 0 Å². The summed E-state index contributed by atoms with van der Waals surface area (Å²) in [6.45, 7) is 13.3. The molecule has 3 unspecified atom stereocenters. The van der Waals surface area contributed by atoms with Gasteiger partial charge in [-0.1, -0.05) is 62.2 Å². The van der Waals surface area contributed by atoms with Gasteiger partial charge in [-0.15, -0.1) is 0 Å². The van der Waals surface area contributed by atoms with Gasteiger partial charge < -0.3 is 14.4 Å². The van der Waals surface area contributed by atoms with Crippen molar-refractivity contribution in [3.05, 3.63) is 69.8 Å². The molecule has 3 nitrogen and oxygen atoms in total. The first-order chi connectivity index (χ1) is 15.8. The fourth-order valence-electron chi connectivity index (χ4n) is 5.59. The summed E-state index contributed by atoms with van der Waals surface area (Å²) < 4.78 is 12.4. The van der Waals surface area contributed by atoms with Crippen LogP contribution in [0.4, 0.5) is 5.69 Å². The zero-order valence-corrected chi connectivity index (χ0v) is 21.5. The number of likely N-dealkylation sites (N-methyl/N-ethyl adjacent to an activating group) is 1. The number of benzene rings is 2. The van der Waals surface area contributed by atoms with E-state index in [4.69, 9.17) is 9.47 Å². The summed E-state index contributed by atoms with van der Waals surface area (Å²) in [5.41, 5.74) is 9.57. The van der Waals surface area contributed by atoms with Crippen LogP contribution >= 0.6 is 0 Å². The summed E-state index contributed by atoms with van der Waals surface area (Å²) in [4.78, 5) is 2.45. The Morgan fingerprint density at radius 3 is 2.48 bits per heavy atom. The topological polar surface area (TPSA) is 21.7 Å². The van der Waals surface area contributed by atoms with Crippen LogP contribution in [0.2, 0.25) is 0 Å². The lowest BCUT2D eigenvalue weighted by Gasteiger charge is -2.37. The summed E-state index contributed by atoms with van der Waals surface area (Å²) >= 11 is 0. The van der Waals surface area contributed by atoms with Crippen molar-refractivity contribution in [2.24, 2.45) is 5.92 Å². The molecule has 0 amide bonds. The monoisotopic (exact) mass is 447 g/mol. The predicted octanol–water partition coefficient (Wildman–Crippen LogP) is 7.18. The lowest BCUT2D eigenvalue weighted by molar-refractivity contribution is -0.253. The summed E-state index contributed by atoms with van der Waals surface area (Å²) in [5.74, 6) is 0.289.